The molecule has 0 amide bonds. The summed E-state index contributed by atoms with van der Waals surface area (Å²) >= 11 is 0. The van der Waals surface area contributed by atoms with E-state index < -0.39 is 0 Å². The fraction of sp³-hybridized carbons (Fsp3) is 0.333. The number of carbonyl (C=O) groups excluding carboxylic acids is 2. The Bertz CT molecular complexity index is 2070. The number of Topliss-reactive ketones (excluding diaryl/α,β-unsaturated/α-hetero) is 2. The van der Waals surface area contributed by atoms with Gasteiger partial charge in [0.25, 0.3) is 0 Å². The Kier molecular flexibility index (Phi) is 7.13. The average Bonchev–Trinajstić information content (AvgIpc) is 3.05. The number of ether oxygens (including phenoxy) is 2. The molecule has 0 spiro atoms. The predicted octanol–water partition coefficient (Wildman–Crippen LogP) is 8.67. The Hall–Kier alpha value is -5.24. The Morgan fingerprint density at radius 2 is 1.00 bits per heavy atom. The standard InChI is InChI=1S/C42H42N2O6/c1-41(2)17-27-37(31(47)19-41)35(21-7-13-29(45)33(15-21)49-5)25-11-10-24-23(39(25)43-27)9-12-26-36(22-8-14-30(46)34(16-22)50-6)38-28(44-40(24)26)18-42(3,4)20-32(38)48/h7-16,35-36,43-46H,17-20H2,1-6H3. The number of allylic oxidation sites excluding steroid dienone is 4. The molecule has 0 bridgehead atoms. The maximum Gasteiger partial charge on any atom is 0.162 e. The first-order valence-electron chi connectivity index (χ1n) is 17.2. The second-order valence-corrected chi connectivity index (χ2v) is 15.8. The molecule has 0 fully saturated rings. The third-order valence-corrected chi connectivity index (χ3v) is 10.9. The van der Waals surface area contributed by atoms with Crippen LogP contribution in [-0.4, -0.2) is 36.0 Å². The number of hydrogen-bond donors (Lipinski definition) is 4. The number of carbonyl (C=O) groups is 2. The van der Waals surface area contributed by atoms with Gasteiger partial charge >= 0.3 is 0 Å². The molecule has 256 valence electrons. The number of methoxy groups -OCH3 is 2. The summed E-state index contributed by atoms with van der Waals surface area (Å²) in [5.74, 6) is 0.352. The van der Waals surface area contributed by atoms with E-state index in [-0.39, 0.29) is 45.7 Å². The molecule has 50 heavy (non-hydrogen) atoms. The first-order valence-corrected chi connectivity index (χ1v) is 17.2. The van der Waals surface area contributed by atoms with Gasteiger partial charge in [0.1, 0.15) is 0 Å². The third kappa shape index (κ3) is 4.95. The molecular weight excluding hydrogens is 628 g/mol. The third-order valence-electron chi connectivity index (χ3n) is 10.9. The van der Waals surface area contributed by atoms with Crippen molar-refractivity contribution in [3.63, 3.8) is 0 Å². The van der Waals surface area contributed by atoms with E-state index in [0.717, 1.165) is 79.8 Å². The number of anilines is 2. The minimum absolute atomic E-state index is 0.0470. The summed E-state index contributed by atoms with van der Waals surface area (Å²) in [5, 5.41) is 30.4. The molecule has 2 aliphatic carbocycles. The fourth-order valence-electron chi connectivity index (χ4n) is 8.81. The molecule has 2 heterocycles. The van der Waals surface area contributed by atoms with Gasteiger partial charge in [-0.1, -0.05) is 64.1 Å². The van der Waals surface area contributed by atoms with Crippen LogP contribution >= 0.6 is 0 Å². The van der Waals surface area contributed by atoms with Gasteiger partial charge in [-0.2, -0.15) is 0 Å². The van der Waals surface area contributed by atoms with Gasteiger partial charge in [0.15, 0.2) is 34.6 Å². The van der Waals surface area contributed by atoms with Gasteiger partial charge in [0, 0.05) is 58.0 Å². The molecule has 0 saturated carbocycles. The number of phenolic OH excluding ortho intramolecular Hbond substituents is 2. The molecule has 4 aromatic carbocycles. The normalized spacial score (nSPS) is 21.8. The van der Waals surface area contributed by atoms with Crippen molar-refractivity contribution in [1.29, 1.82) is 0 Å². The first kappa shape index (κ1) is 32.0. The number of hydrogen-bond acceptors (Lipinski definition) is 8. The van der Waals surface area contributed by atoms with E-state index in [1.54, 1.807) is 12.1 Å². The van der Waals surface area contributed by atoms with Crippen LogP contribution in [0.5, 0.6) is 23.0 Å². The summed E-state index contributed by atoms with van der Waals surface area (Å²) < 4.78 is 11.0. The second-order valence-electron chi connectivity index (χ2n) is 15.8. The van der Waals surface area contributed by atoms with Crippen LogP contribution in [-0.2, 0) is 9.59 Å². The average molecular weight is 671 g/mol. The lowest BCUT2D eigenvalue weighted by Gasteiger charge is -2.41. The van der Waals surface area contributed by atoms with E-state index in [4.69, 9.17) is 9.47 Å². The summed E-state index contributed by atoms with van der Waals surface area (Å²) in [6, 6.07) is 19.1. The minimum atomic E-state index is -0.351. The largest absolute Gasteiger partial charge is 0.504 e. The van der Waals surface area contributed by atoms with Crippen molar-refractivity contribution in [2.45, 2.75) is 65.2 Å². The number of aromatic hydroxyl groups is 2. The molecular formula is C42H42N2O6. The zero-order valence-electron chi connectivity index (χ0n) is 29.3. The Balaban J connectivity index is 1.36. The maximum atomic E-state index is 13.9. The summed E-state index contributed by atoms with van der Waals surface area (Å²) in [6.45, 7) is 8.52. The SMILES string of the molecule is COc1cc(C2C3=C(CC(C)(C)CC3=O)Nc3c2ccc2c4c(ccc32)C(c2ccc(O)c(OC)c2)C2=C(CC(C)(C)CC2=O)N4)ccc1O. The van der Waals surface area contributed by atoms with Crippen LogP contribution in [0, 0.1) is 10.8 Å². The molecule has 2 aliphatic heterocycles. The Morgan fingerprint density at radius 3 is 1.38 bits per heavy atom. The molecule has 0 saturated heterocycles. The number of phenols is 2. The van der Waals surface area contributed by atoms with Crippen LogP contribution in [0.15, 0.2) is 83.2 Å². The van der Waals surface area contributed by atoms with E-state index >= 15 is 0 Å². The lowest BCUT2D eigenvalue weighted by molar-refractivity contribution is -0.119. The molecule has 0 radical (unpaired) electrons. The van der Waals surface area contributed by atoms with Crippen LogP contribution < -0.4 is 20.1 Å². The lowest BCUT2D eigenvalue weighted by Crippen LogP contribution is -2.34. The summed E-state index contributed by atoms with van der Waals surface area (Å²) in [7, 11) is 3.06. The highest BCUT2D eigenvalue weighted by Gasteiger charge is 2.43. The van der Waals surface area contributed by atoms with Crippen LogP contribution in [0.1, 0.15) is 87.5 Å². The van der Waals surface area contributed by atoms with E-state index in [9.17, 15) is 19.8 Å². The van der Waals surface area contributed by atoms with Gasteiger partial charge in [0.2, 0.25) is 0 Å². The van der Waals surface area contributed by atoms with Crippen LogP contribution in [0.25, 0.3) is 10.8 Å². The van der Waals surface area contributed by atoms with Crippen LogP contribution in [0.2, 0.25) is 0 Å². The van der Waals surface area contributed by atoms with E-state index in [2.05, 4.69) is 62.6 Å². The van der Waals surface area contributed by atoms with Crippen molar-refractivity contribution in [2.24, 2.45) is 10.8 Å². The van der Waals surface area contributed by atoms with Crippen LogP contribution in [0.4, 0.5) is 11.4 Å². The Labute approximate surface area is 291 Å². The smallest absolute Gasteiger partial charge is 0.162 e. The molecule has 4 aromatic rings. The van der Waals surface area contributed by atoms with Gasteiger partial charge in [-0.05, 0) is 70.2 Å². The van der Waals surface area contributed by atoms with Crippen LogP contribution in [0.3, 0.4) is 0 Å². The van der Waals surface area contributed by atoms with Crippen molar-refractivity contribution >= 4 is 33.7 Å². The van der Waals surface area contributed by atoms with Gasteiger partial charge in [0.05, 0.1) is 25.6 Å². The highest BCUT2D eigenvalue weighted by atomic mass is 16.5. The Morgan fingerprint density at radius 1 is 0.600 bits per heavy atom. The second kappa shape index (κ2) is 11.1. The maximum absolute atomic E-state index is 13.9. The van der Waals surface area contributed by atoms with E-state index in [1.807, 2.05) is 24.3 Å². The molecule has 4 N–H and O–H groups in total. The number of rotatable bonds is 4. The quantitative estimate of drug-likeness (QED) is 0.170. The predicted molar refractivity (Wildman–Crippen MR) is 194 cm³/mol. The van der Waals surface area contributed by atoms with Gasteiger partial charge in [-0.3, -0.25) is 9.59 Å². The number of fused-ring (bicyclic) bond motifs is 5. The number of ketones is 2. The molecule has 8 heteroatoms. The summed E-state index contributed by atoms with van der Waals surface area (Å²) in [5.41, 5.74) is 8.54. The molecule has 8 rings (SSSR count). The van der Waals surface area contributed by atoms with Crippen molar-refractivity contribution in [3.8, 4) is 23.0 Å². The summed E-state index contributed by atoms with van der Waals surface area (Å²) in [6.07, 6.45) is 2.35. The molecule has 4 aliphatic rings. The van der Waals surface area contributed by atoms with E-state index in [1.165, 1.54) is 14.2 Å². The summed E-state index contributed by atoms with van der Waals surface area (Å²) in [4.78, 5) is 27.8. The van der Waals surface area contributed by atoms with Gasteiger partial charge in [-0.15, -0.1) is 0 Å². The first-order chi connectivity index (χ1) is 23.8. The monoisotopic (exact) mass is 670 g/mol. The minimum Gasteiger partial charge on any atom is -0.504 e. The van der Waals surface area contributed by atoms with Crippen molar-refractivity contribution < 1.29 is 29.3 Å². The lowest BCUT2D eigenvalue weighted by atomic mass is 9.67. The molecule has 8 nitrogen and oxygen atoms in total. The highest BCUT2D eigenvalue weighted by molar-refractivity contribution is 6.10. The fourth-order valence-corrected chi connectivity index (χ4v) is 8.81. The van der Waals surface area contributed by atoms with Crippen molar-refractivity contribution in [2.75, 3.05) is 24.9 Å². The van der Waals surface area contributed by atoms with Crippen molar-refractivity contribution in [1.82, 2.24) is 0 Å². The topological polar surface area (TPSA) is 117 Å². The molecule has 2 unspecified atom stereocenters. The number of nitrogens with one attached hydrogen (secondary N) is 2. The van der Waals surface area contributed by atoms with E-state index in [0.29, 0.717) is 24.3 Å². The molecule has 2 atom stereocenters. The molecule has 0 aromatic heterocycles. The van der Waals surface area contributed by atoms with Gasteiger partial charge < -0.3 is 30.3 Å². The zero-order chi connectivity index (χ0) is 35.3. The van der Waals surface area contributed by atoms with Gasteiger partial charge in [-0.25, -0.2) is 0 Å². The number of benzene rings is 4. The zero-order valence-corrected chi connectivity index (χ0v) is 29.3. The van der Waals surface area contributed by atoms with Crippen molar-refractivity contribution in [3.05, 3.63) is 105 Å². The highest BCUT2D eigenvalue weighted by Crippen LogP contribution is 2.55.